The van der Waals surface area contributed by atoms with Gasteiger partial charge in [0.25, 0.3) is 0 Å². The number of ether oxygens (including phenoxy) is 1. The molecule has 0 saturated heterocycles. The van der Waals surface area contributed by atoms with Crippen LogP contribution < -0.4 is 20.7 Å². The van der Waals surface area contributed by atoms with Crippen molar-refractivity contribution in [1.29, 1.82) is 0 Å². The Morgan fingerprint density at radius 1 is 0.897 bits per heavy atom. The molecule has 2 aromatic rings. The molecule has 0 heterocycles. The second-order valence-corrected chi connectivity index (χ2v) is 11.1. The topological polar surface area (TPSA) is 114 Å². The highest BCUT2D eigenvalue weighted by atomic mass is 16.5. The summed E-state index contributed by atoms with van der Waals surface area (Å²) < 4.78 is 5.30. The summed E-state index contributed by atoms with van der Waals surface area (Å²) in [5.41, 5.74) is 2.38. The van der Waals surface area contributed by atoms with Crippen LogP contribution in [0.15, 0.2) is 48.5 Å². The van der Waals surface area contributed by atoms with E-state index in [4.69, 9.17) is 4.74 Å². The Bertz CT molecular complexity index is 1160. The van der Waals surface area contributed by atoms with Crippen LogP contribution in [0.3, 0.4) is 0 Å². The van der Waals surface area contributed by atoms with E-state index in [9.17, 15) is 19.2 Å². The first-order chi connectivity index (χ1) is 18.6. The molecule has 3 atom stereocenters. The molecule has 3 N–H and O–H groups in total. The molecule has 1 aliphatic rings. The molecule has 0 bridgehead atoms. The third-order valence-corrected chi connectivity index (χ3v) is 6.87. The largest absolute Gasteiger partial charge is 0.497 e. The van der Waals surface area contributed by atoms with Crippen LogP contribution in [-0.2, 0) is 20.9 Å². The van der Waals surface area contributed by atoms with Crippen molar-refractivity contribution in [2.24, 2.45) is 11.8 Å². The van der Waals surface area contributed by atoms with Gasteiger partial charge in [0.15, 0.2) is 5.78 Å². The Hall–Kier alpha value is -3.68. The second kappa shape index (κ2) is 13.9. The first-order valence-electron chi connectivity index (χ1n) is 13.7. The quantitative estimate of drug-likeness (QED) is 0.357. The maximum absolute atomic E-state index is 13.4. The zero-order chi connectivity index (χ0) is 28.5. The number of methoxy groups -OCH3 is 1. The number of ketones is 1. The highest BCUT2D eigenvalue weighted by Crippen LogP contribution is 2.37. The van der Waals surface area contributed by atoms with Crippen molar-refractivity contribution < 1.29 is 23.9 Å². The van der Waals surface area contributed by atoms with E-state index in [1.807, 2.05) is 58.0 Å². The van der Waals surface area contributed by atoms with Crippen molar-refractivity contribution in [2.45, 2.75) is 77.9 Å². The van der Waals surface area contributed by atoms with Gasteiger partial charge >= 0.3 is 0 Å². The van der Waals surface area contributed by atoms with Gasteiger partial charge in [0, 0.05) is 30.9 Å². The van der Waals surface area contributed by atoms with E-state index in [0.29, 0.717) is 30.7 Å². The minimum atomic E-state index is -0.795. The van der Waals surface area contributed by atoms with Crippen LogP contribution in [0.5, 0.6) is 5.75 Å². The van der Waals surface area contributed by atoms with E-state index in [1.165, 1.54) is 0 Å². The molecule has 2 aromatic carbocycles. The average molecular weight is 536 g/mol. The molecule has 8 heteroatoms. The normalized spacial score (nSPS) is 16.0. The van der Waals surface area contributed by atoms with Gasteiger partial charge in [0.05, 0.1) is 7.11 Å². The fraction of sp³-hybridized carbons (Fsp3) is 0.484. The lowest BCUT2D eigenvalue weighted by Gasteiger charge is -2.25. The number of hydrogen-bond acceptors (Lipinski definition) is 5. The first-order valence-corrected chi connectivity index (χ1v) is 13.7. The average Bonchev–Trinajstić information content (AvgIpc) is 3.20. The van der Waals surface area contributed by atoms with E-state index in [2.05, 4.69) is 16.0 Å². The van der Waals surface area contributed by atoms with Crippen molar-refractivity contribution in [3.05, 3.63) is 65.2 Å². The first kappa shape index (κ1) is 29.9. The fourth-order valence-electron chi connectivity index (χ4n) is 4.95. The standard InChI is InChI=1S/C31H41N3O5/c1-19(2)13-26(30(37)32-18-21-9-7-6-8-10-21)34-31(38)27(14-20(3)4)33-29(36)16-22-15-28(35)24-12-11-23(39-5)17-25(22)24/h6-12,17,19-20,22,26-27H,13-16,18H2,1-5H3,(H,32,37)(H,33,36)(H,34,38)/t22?,26-,27-/m0/s1. The van der Waals surface area contributed by atoms with Gasteiger partial charge in [-0.15, -0.1) is 0 Å². The van der Waals surface area contributed by atoms with E-state index in [1.54, 1.807) is 25.3 Å². The maximum atomic E-state index is 13.4. The minimum Gasteiger partial charge on any atom is -0.497 e. The summed E-state index contributed by atoms with van der Waals surface area (Å²) in [7, 11) is 1.56. The number of fused-ring (bicyclic) bond motifs is 1. The molecule has 0 saturated carbocycles. The van der Waals surface area contributed by atoms with Crippen molar-refractivity contribution in [2.75, 3.05) is 7.11 Å². The Kier molecular flexibility index (Phi) is 10.7. The van der Waals surface area contributed by atoms with Gasteiger partial charge < -0.3 is 20.7 Å². The number of Topliss-reactive ketones (excluding diaryl/α,β-unsaturated/α-hetero) is 1. The molecule has 0 radical (unpaired) electrons. The third kappa shape index (κ3) is 8.67. The third-order valence-electron chi connectivity index (χ3n) is 6.87. The minimum absolute atomic E-state index is 0.0000288. The van der Waals surface area contributed by atoms with Crippen molar-refractivity contribution in [1.82, 2.24) is 16.0 Å². The van der Waals surface area contributed by atoms with Crippen LogP contribution in [0.4, 0.5) is 0 Å². The fourth-order valence-corrected chi connectivity index (χ4v) is 4.95. The molecule has 210 valence electrons. The lowest BCUT2D eigenvalue weighted by atomic mass is 9.96. The van der Waals surface area contributed by atoms with Crippen LogP contribution >= 0.6 is 0 Å². The number of carbonyl (C=O) groups excluding carboxylic acids is 4. The molecule has 0 aliphatic heterocycles. The van der Waals surface area contributed by atoms with Crippen molar-refractivity contribution in [3.63, 3.8) is 0 Å². The Labute approximate surface area is 231 Å². The number of rotatable bonds is 13. The van der Waals surface area contributed by atoms with Gasteiger partial charge in [-0.1, -0.05) is 58.0 Å². The number of carbonyl (C=O) groups is 4. The van der Waals surface area contributed by atoms with Crippen molar-refractivity contribution in [3.8, 4) is 5.75 Å². The highest BCUT2D eigenvalue weighted by Gasteiger charge is 2.33. The maximum Gasteiger partial charge on any atom is 0.243 e. The van der Waals surface area contributed by atoms with Gasteiger partial charge in [-0.3, -0.25) is 19.2 Å². The second-order valence-electron chi connectivity index (χ2n) is 11.1. The van der Waals surface area contributed by atoms with E-state index in [0.717, 1.165) is 11.1 Å². The summed E-state index contributed by atoms with van der Waals surface area (Å²) in [6.45, 7) is 8.30. The molecule has 0 spiro atoms. The van der Waals surface area contributed by atoms with Gasteiger partial charge in [-0.05, 0) is 54.0 Å². The molecule has 0 aromatic heterocycles. The van der Waals surface area contributed by atoms with Crippen LogP contribution in [0.25, 0.3) is 0 Å². The Balaban J connectivity index is 1.66. The van der Waals surface area contributed by atoms with Crippen LogP contribution in [-0.4, -0.2) is 42.7 Å². The Morgan fingerprint density at radius 3 is 2.15 bits per heavy atom. The highest BCUT2D eigenvalue weighted by molar-refractivity contribution is 6.02. The SMILES string of the molecule is COc1ccc2c(c1)C(CC(=O)N[C@@H](CC(C)C)C(=O)N[C@@H](CC(C)C)C(=O)NCc1ccccc1)CC2=O. The molecule has 8 nitrogen and oxygen atoms in total. The molecule has 0 fully saturated rings. The lowest BCUT2D eigenvalue weighted by molar-refractivity contribution is -0.132. The predicted molar refractivity (Wildman–Crippen MR) is 150 cm³/mol. The number of hydrogen-bond donors (Lipinski definition) is 3. The van der Waals surface area contributed by atoms with Gasteiger partial charge in [-0.25, -0.2) is 0 Å². The molecule has 39 heavy (non-hydrogen) atoms. The molecule has 1 unspecified atom stereocenters. The molecule has 3 amide bonds. The number of benzene rings is 2. The summed E-state index contributed by atoms with van der Waals surface area (Å²) >= 11 is 0. The van der Waals surface area contributed by atoms with E-state index in [-0.39, 0.29) is 54.1 Å². The summed E-state index contributed by atoms with van der Waals surface area (Å²) in [5.74, 6) is -0.288. The molecular weight excluding hydrogens is 494 g/mol. The van der Waals surface area contributed by atoms with E-state index >= 15 is 0 Å². The van der Waals surface area contributed by atoms with Crippen molar-refractivity contribution >= 4 is 23.5 Å². The Morgan fingerprint density at radius 2 is 1.54 bits per heavy atom. The summed E-state index contributed by atoms with van der Waals surface area (Å²) in [6, 6.07) is 13.4. The summed E-state index contributed by atoms with van der Waals surface area (Å²) in [4.78, 5) is 52.0. The van der Waals surface area contributed by atoms with Gasteiger partial charge in [-0.2, -0.15) is 0 Å². The molecule has 1 aliphatic carbocycles. The van der Waals surface area contributed by atoms with Crippen LogP contribution in [0, 0.1) is 11.8 Å². The van der Waals surface area contributed by atoms with E-state index < -0.39 is 12.1 Å². The summed E-state index contributed by atoms with van der Waals surface area (Å²) in [6.07, 6.45) is 1.22. The summed E-state index contributed by atoms with van der Waals surface area (Å²) in [5, 5.41) is 8.69. The van der Waals surface area contributed by atoms with Crippen LogP contribution in [0.1, 0.15) is 80.8 Å². The van der Waals surface area contributed by atoms with Crippen LogP contribution in [0.2, 0.25) is 0 Å². The monoisotopic (exact) mass is 535 g/mol. The molecular formula is C31H41N3O5. The smallest absolute Gasteiger partial charge is 0.243 e. The molecule has 3 rings (SSSR count). The predicted octanol–water partition coefficient (Wildman–Crippen LogP) is 4.13. The van der Waals surface area contributed by atoms with Gasteiger partial charge in [0.2, 0.25) is 17.7 Å². The zero-order valence-electron chi connectivity index (χ0n) is 23.6. The number of amides is 3. The number of nitrogens with one attached hydrogen (secondary N) is 3. The zero-order valence-corrected chi connectivity index (χ0v) is 23.6. The van der Waals surface area contributed by atoms with Gasteiger partial charge in [0.1, 0.15) is 17.8 Å². The lowest BCUT2D eigenvalue weighted by Crippen LogP contribution is -2.54.